The van der Waals surface area contributed by atoms with E-state index >= 15 is 0 Å². The summed E-state index contributed by atoms with van der Waals surface area (Å²) >= 11 is 0. The normalized spacial score (nSPS) is 15.9. The van der Waals surface area contributed by atoms with Crippen LogP contribution in [0.4, 0.5) is 0 Å². The summed E-state index contributed by atoms with van der Waals surface area (Å²) < 4.78 is 0. The summed E-state index contributed by atoms with van der Waals surface area (Å²) in [6.45, 7) is 1.81. The van der Waals surface area contributed by atoms with Crippen LogP contribution in [-0.4, -0.2) is 16.9 Å². The maximum atomic E-state index is 5.51. The molecule has 10 N–H and O–H groups in total. The Morgan fingerprint density at radius 1 is 1.40 bits per heavy atom. The number of hydrazine groups is 2. The van der Waals surface area contributed by atoms with Crippen molar-refractivity contribution in [2.75, 3.05) is 0 Å². The van der Waals surface area contributed by atoms with Crippen molar-refractivity contribution in [1.29, 1.82) is 0 Å². The van der Waals surface area contributed by atoms with Crippen LogP contribution in [-0.2, 0) is 0 Å². The number of nitrogens with zero attached hydrogens (tertiary/aromatic N) is 1. The van der Waals surface area contributed by atoms with Gasteiger partial charge in [-0.05, 0) is 6.42 Å². The van der Waals surface area contributed by atoms with Gasteiger partial charge in [0.25, 0.3) is 0 Å². The van der Waals surface area contributed by atoms with Crippen LogP contribution in [0.1, 0.15) is 13.3 Å². The minimum Gasteiger partial charge on any atom is -0.311 e. The smallest absolute Gasteiger partial charge is 0.117 e. The lowest BCUT2D eigenvalue weighted by molar-refractivity contribution is 0.124. The number of nitrogens with two attached hydrogens (primary N) is 5. The molecule has 62 valence electrons. The highest BCUT2D eigenvalue weighted by Gasteiger charge is 2.28. The quantitative estimate of drug-likeness (QED) is 0.168. The number of rotatable bonds is 3. The Morgan fingerprint density at radius 2 is 1.80 bits per heavy atom. The molecule has 0 aromatic heterocycles. The highest BCUT2D eigenvalue weighted by molar-refractivity contribution is 4.83. The first-order valence-corrected chi connectivity index (χ1v) is 3.03. The topological polar surface area (TPSA) is 133 Å². The zero-order chi connectivity index (χ0) is 8.36. The van der Waals surface area contributed by atoms with Crippen LogP contribution < -0.4 is 28.9 Å². The van der Waals surface area contributed by atoms with Crippen molar-refractivity contribution in [1.82, 2.24) is 5.12 Å². The molecule has 0 aliphatic rings. The summed E-state index contributed by atoms with van der Waals surface area (Å²) in [7, 11) is 0. The molecular weight excluding hydrogens is 132 g/mol. The van der Waals surface area contributed by atoms with Crippen molar-refractivity contribution in [2.45, 2.75) is 25.2 Å². The Labute approximate surface area is 60.2 Å². The summed E-state index contributed by atoms with van der Waals surface area (Å²) in [4.78, 5) is 0. The molecule has 0 aliphatic carbocycles. The summed E-state index contributed by atoms with van der Waals surface area (Å²) in [5, 5.41) is 0.809. The Balaban J connectivity index is 4.03. The minimum absolute atomic E-state index is 0.513. The molecule has 0 bridgehead atoms. The zero-order valence-electron chi connectivity index (χ0n) is 6.12. The highest BCUT2D eigenvalue weighted by Crippen LogP contribution is 2.01. The molecule has 0 saturated heterocycles. The fourth-order valence-corrected chi connectivity index (χ4v) is 0.487. The first-order chi connectivity index (χ1) is 4.41. The molecule has 0 saturated carbocycles. The summed E-state index contributed by atoms with van der Waals surface area (Å²) in [5.41, 5.74) is 15.4. The van der Waals surface area contributed by atoms with Crippen LogP contribution in [0.25, 0.3) is 0 Å². The Morgan fingerprint density at radius 3 is 1.90 bits per heavy atom. The predicted molar refractivity (Wildman–Crippen MR) is 39.6 cm³/mol. The van der Waals surface area contributed by atoms with E-state index in [2.05, 4.69) is 0 Å². The lowest BCUT2D eigenvalue weighted by Gasteiger charge is -2.33. The molecular formula is C4H16N6. The third-order valence-electron chi connectivity index (χ3n) is 1.48. The molecule has 0 aromatic rings. The van der Waals surface area contributed by atoms with Gasteiger partial charge in [0, 0.05) is 0 Å². The van der Waals surface area contributed by atoms with E-state index in [1.54, 1.807) is 0 Å². The molecule has 0 rings (SSSR count). The molecule has 0 spiro atoms. The number of hydrogen-bond donors (Lipinski definition) is 5. The van der Waals surface area contributed by atoms with E-state index < -0.39 is 11.8 Å². The molecule has 0 heterocycles. The van der Waals surface area contributed by atoms with E-state index in [1.807, 2.05) is 6.92 Å². The van der Waals surface area contributed by atoms with Crippen LogP contribution in [0, 0.1) is 0 Å². The van der Waals surface area contributed by atoms with Crippen molar-refractivity contribution in [3.63, 3.8) is 0 Å². The van der Waals surface area contributed by atoms with E-state index in [4.69, 9.17) is 28.9 Å². The fourth-order valence-electron chi connectivity index (χ4n) is 0.487. The Bertz CT molecular complexity index is 99.9. The van der Waals surface area contributed by atoms with Crippen LogP contribution >= 0.6 is 0 Å². The van der Waals surface area contributed by atoms with Crippen LogP contribution in [0.15, 0.2) is 0 Å². The molecule has 0 amide bonds. The zero-order valence-corrected chi connectivity index (χ0v) is 6.12. The predicted octanol–water partition coefficient (Wildman–Crippen LogP) is -2.66. The number of hydrogen-bond acceptors (Lipinski definition) is 6. The van der Waals surface area contributed by atoms with Gasteiger partial charge in [-0.15, -0.1) is 0 Å². The standard InChI is InChI=1S/C4H16N6/c1-2-4(6,7)3(5)10(8)9/h3H,2,5-9H2,1H3. The summed E-state index contributed by atoms with van der Waals surface area (Å²) in [6, 6.07) is 0. The molecule has 0 fully saturated rings. The van der Waals surface area contributed by atoms with Gasteiger partial charge in [0.15, 0.2) is 0 Å². The maximum absolute atomic E-state index is 5.51. The molecule has 6 heteroatoms. The monoisotopic (exact) mass is 148 g/mol. The van der Waals surface area contributed by atoms with Crippen molar-refractivity contribution < 1.29 is 0 Å². The lowest BCUT2D eigenvalue weighted by Crippen LogP contribution is -2.71. The van der Waals surface area contributed by atoms with Crippen LogP contribution in [0.3, 0.4) is 0 Å². The average molecular weight is 148 g/mol. The van der Waals surface area contributed by atoms with Crippen molar-refractivity contribution >= 4 is 0 Å². The maximum Gasteiger partial charge on any atom is 0.117 e. The second kappa shape index (κ2) is 3.24. The second-order valence-corrected chi connectivity index (χ2v) is 2.36. The van der Waals surface area contributed by atoms with Gasteiger partial charge in [0.1, 0.15) is 6.17 Å². The van der Waals surface area contributed by atoms with Gasteiger partial charge in [-0.3, -0.25) is 11.7 Å². The third-order valence-corrected chi connectivity index (χ3v) is 1.48. The van der Waals surface area contributed by atoms with E-state index in [9.17, 15) is 0 Å². The van der Waals surface area contributed by atoms with Gasteiger partial charge < -0.3 is 17.2 Å². The lowest BCUT2D eigenvalue weighted by atomic mass is 10.1. The average Bonchev–Trinajstić information content (AvgIpc) is 1.86. The van der Waals surface area contributed by atoms with Crippen LogP contribution in [0.2, 0.25) is 0 Å². The highest BCUT2D eigenvalue weighted by atomic mass is 15.6. The largest absolute Gasteiger partial charge is 0.311 e. The first-order valence-electron chi connectivity index (χ1n) is 3.03. The Hall–Kier alpha value is -0.240. The molecule has 0 aliphatic heterocycles. The van der Waals surface area contributed by atoms with Crippen molar-refractivity contribution in [2.24, 2.45) is 28.9 Å². The van der Waals surface area contributed by atoms with Crippen molar-refractivity contribution in [3.05, 3.63) is 0 Å². The van der Waals surface area contributed by atoms with E-state index in [0.717, 1.165) is 5.12 Å². The molecule has 6 nitrogen and oxygen atoms in total. The second-order valence-electron chi connectivity index (χ2n) is 2.36. The molecule has 0 aromatic carbocycles. The third kappa shape index (κ3) is 2.18. The van der Waals surface area contributed by atoms with Gasteiger partial charge >= 0.3 is 0 Å². The fraction of sp³-hybridized carbons (Fsp3) is 1.00. The summed E-state index contributed by atoms with van der Waals surface area (Å²) in [6.07, 6.45) is -0.212. The van der Waals surface area contributed by atoms with Gasteiger partial charge in [-0.25, -0.2) is 0 Å². The first kappa shape index (κ1) is 9.76. The Kier molecular flexibility index (Phi) is 3.16. The van der Waals surface area contributed by atoms with Gasteiger partial charge in [-0.1, -0.05) is 6.92 Å². The minimum atomic E-state index is -1.02. The summed E-state index contributed by atoms with van der Waals surface area (Å²) in [5.74, 6) is 10.2. The van der Waals surface area contributed by atoms with E-state index in [-0.39, 0.29) is 0 Å². The molecule has 0 radical (unpaired) electrons. The van der Waals surface area contributed by atoms with E-state index in [0.29, 0.717) is 6.42 Å². The molecule has 1 atom stereocenters. The van der Waals surface area contributed by atoms with Gasteiger partial charge in [-0.2, -0.15) is 5.12 Å². The van der Waals surface area contributed by atoms with Crippen LogP contribution in [0.5, 0.6) is 0 Å². The molecule has 1 unspecified atom stereocenters. The van der Waals surface area contributed by atoms with Gasteiger partial charge in [0.05, 0.1) is 5.66 Å². The SMILES string of the molecule is CCC(N)(N)C(N)N(N)N. The molecule has 10 heavy (non-hydrogen) atoms. The van der Waals surface area contributed by atoms with E-state index in [1.165, 1.54) is 0 Å². The van der Waals surface area contributed by atoms with Gasteiger partial charge in [0.2, 0.25) is 0 Å². The van der Waals surface area contributed by atoms with Crippen molar-refractivity contribution in [3.8, 4) is 0 Å².